The molecule has 0 aromatic heterocycles. The third kappa shape index (κ3) is 2.95. The van der Waals surface area contributed by atoms with Crippen LogP contribution in [0.25, 0.3) is 5.57 Å². The molecule has 1 N–H and O–H groups in total. The highest BCUT2D eigenvalue weighted by molar-refractivity contribution is 5.79. The van der Waals surface area contributed by atoms with Crippen molar-refractivity contribution in [2.45, 2.75) is 20.0 Å². The number of rotatable bonds is 3. The van der Waals surface area contributed by atoms with Gasteiger partial charge in [0.25, 0.3) is 5.95 Å². The number of halogens is 6. The van der Waals surface area contributed by atoms with Gasteiger partial charge in [0.1, 0.15) is 23.0 Å². The predicted molar refractivity (Wildman–Crippen MR) is 62.8 cm³/mol. The molecule has 1 aromatic rings. The average molecular weight is 325 g/mol. The van der Waals surface area contributed by atoms with Crippen molar-refractivity contribution in [3.63, 3.8) is 0 Å². The molecule has 0 aliphatic heterocycles. The number of alkyl halides is 3. The summed E-state index contributed by atoms with van der Waals surface area (Å²) in [5, 5.41) is 18.3. The Morgan fingerprint density at radius 1 is 1.18 bits per heavy atom. The molecule has 0 amide bonds. The minimum absolute atomic E-state index is 0.163. The normalized spacial score (nSPS) is 12.7. The van der Waals surface area contributed by atoms with Crippen molar-refractivity contribution < 1.29 is 36.2 Å². The Labute approximate surface area is 121 Å². The second kappa shape index (κ2) is 6.17. The van der Waals surface area contributed by atoms with Crippen molar-refractivity contribution in [1.82, 2.24) is 0 Å². The first-order valence-corrected chi connectivity index (χ1v) is 5.78. The van der Waals surface area contributed by atoms with E-state index in [-0.39, 0.29) is 6.61 Å². The van der Waals surface area contributed by atoms with Crippen LogP contribution in [-0.4, -0.2) is 11.7 Å². The summed E-state index contributed by atoms with van der Waals surface area (Å²) in [6.07, 6.45) is -5.46. The third-order valence-electron chi connectivity index (χ3n) is 2.70. The first-order valence-electron chi connectivity index (χ1n) is 5.78. The lowest BCUT2D eigenvalue weighted by molar-refractivity contribution is -0.142. The summed E-state index contributed by atoms with van der Waals surface area (Å²) in [5.41, 5.74) is -5.52. The Kier molecular flexibility index (Phi) is 4.96. The van der Waals surface area contributed by atoms with Crippen molar-refractivity contribution in [2.75, 3.05) is 6.61 Å². The quantitative estimate of drug-likeness (QED) is 0.392. The molecule has 0 saturated heterocycles. The Hall–Kier alpha value is -2.37. The Morgan fingerprint density at radius 2 is 1.73 bits per heavy atom. The summed E-state index contributed by atoms with van der Waals surface area (Å²) in [5.74, 6) is -7.82. The van der Waals surface area contributed by atoms with E-state index in [0.717, 1.165) is 6.92 Å². The molecule has 0 spiro atoms. The van der Waals surface area contributed by atoms with Crippen LogP contribution in [0.2, 0.25) is 0 Å². The van der Waals surface area contributed by atoms with Crippen LogP contribution in [0, 0.1) is 35.7 Å². The van der Waals surface area contributed by atoms with E-state index in [1.54, 1.807) is 0 Å². The van der Waals surface area contributed by atoms with Crippen molar-refractivity contribution >= 4 is 5.57 Å². The first-order chi connectivity index (χ1) is 10.1. The van der Waals surface area contributed by atoms with Gasteiger partial charge >= 0.3 is 6.18 Å². The zero-order valence-electron chi connectivity index (χ0n) is 11.3. The fourth-order valence-corrected chi connectivity index (χ4v) is 1.74. The van der Waals surface area contributed by atoms with Gasteiger partial charge in [-0.1, -0.05) is 0 Å². The van der Waals surface area contributed by atoms with E-state index >= 15 is 0 Å². The number of hydrogen-bond donors (Lipinski definition) is 1. The number of hydrogen-bond acceptors (Lipinski definition) is 3. The molecule has 22 heavy (non-hydrogen) atoms. The van der Waals surface area contributed by atoms with E-state index in [0.29, 0.717) is 0 Å². The number of ether oxygens (including phenoxy) is 1. The van der Waals surface area contributed by atoms with Gasteiger partial charge < -0.3 is 9.84 Å². The maximum absolute atomic E-state index is 13.9. The van der Waals surface area contributed by atoms with E-state index in [1.807, 2.05) is 0 Å². The minimum atomic E-state index is -5.46. The van der Waals surface area contributed by atoms with Crippen molar-refractivity contribution in [3.05, 3.63) is 40.1 Å². The van der Waals surface area contributed by atoms with Crippen LogP contribution in [0.15, 0.2) is 5.95 Å². The standard InChI is InChI=1S/C13H9F6NO2/c1-3-22-12(21)6(4-20)7-5(2)9(14)8(13(17,18)19)11(16)10(7)15/h21H,3H2,1-2H3/b12-6-. The highest BCUT2D eigenvalue weighted by atomic mass is 19.4. The molecule has 0 atom stereocenters. The molecule has 120 valence electrons. The van der Waals surface area contributed by atoms with Crippen LogP contribution in [0.5, 0.6) is 0 Å². The van der Waals surface area contributed by atoms with E-state index in [2.05, 4.69) is 4.74 Å². The van der Waals surface area contributed by atoms with Gasteiger partial charge in [-0.25, -0.2) is 13.2 Å². The zero-order chi connectivity index (χ0) is 17.2. The van der Waals surface area contributed by atoms with Gasteiger partial charge in [-0.05, 0) is 19.4 Å². The van der Waals surface area contributed by atoms with E-state index < -0.39 is 51.8 Å². The Bertz CT molecular complexity index is 644. The van der Waals surface area contributed by atoms with Crippen LogP contribution >= 0.6 is 0 Å². The van der Waals surface area contributed by atoms with Crippen LogP contribution < -0.4 is 0 Å². The molecule has 3 nitrogen and oxygen atoms in total. The van der Waals surface area contributed by atoms with Crippen LogP contribution in [-0.2, 0) is 10.9 Å². The smallest absolute Gasteiger partial charge is 0.422 e. The van der Waals surface area contributed by atoms with Crippen LogP contribution in [0.3, 0.4) is 0 Å². The molecule has 9 heteroatoms. The molecule has 1 rings (SSSR count). The molecule has 0 radical (unpaired) electrons. The lowest BCUT2D eigenvalue weighted by Crippen LogP contribution is -2.16. The number of nitrogens with zero attached hydrogens (tertiary/aromatic N) is 1. The van der Waals surface area contributed by atoms with Crippen molar-refractivity contribution in [2.24, 2.45) is 0 Å². The molecule has 0 fully saturated rings. The van der Waals surface area contributed by atoms with Gasteiger partial charge in [0, 0.05) is 5.56 Å². The largest absolute Gasteiger partial charge is 0.480 e. The molecular formula is C13H9F6NO2. The van der Waals surface area contributed by atoms with E-state index in [4.69, 9.17) is 5.26 Å². The zero-order valence-corrected chi connectivity index (χ0v) is 11.3. The monoisotopic (exact) mass is 325 g/mol. The lowest BCUT2D eigenvalue weighted by Gasteiger charge is -2.16. The molecule has 0 bridgehead atoms. The number of allylic oxidation sites excluding steroid dienone is 1. The molecule has 0 unspecified atom stereocenters. The van der Waals surface area contributed by atoms with E-state index in [9.17, 15) is 31.4 Å². The number of benzene rings is 1. The summed E-state index contributed by atoms with van der Waals surface area (Å²) in [7, 11) is 0. The van der Waals surface area contributed by atoms with Crippen molar-refractivity contribution in [3.8, 4) is 6.07 Å². The first kappa shape index (κ1) is 17.7. The number of aliphatic hydroxyl groups is 1. The summed E-state index contributed by atoms with van der Waals surface area (Å²) in [6, 6.07) is 1.25. The molecular weight excluding hydrogens is 316 g/mol. The highest BCUT2D eigenvalue weighted by Gasteiger charge is 2.42. The summed E-state index contributed by atoms with van der Waals surface area (Å²) < 4.78 is 83.4. The second-order valence-corrected chi connectivity index (χ2v) is 4.04. The highest BCUT2D eigenvalue weighted by Crippen LogP contribution is 2.39. The summed E-state index contributed by atoms with van der Waals surface area (Å²) in [6.45, 7) is 1.95. The van der Waals surface area contributed by atoms with Crippen molar-refractivity contribution in [1.29, 1.82) is 5.26 Å². The molecule has 0 aliphatic rings. The maximum atomic E-state index is 13.9. The topological polar surface area (TPSA) is 53.2 Å². The Balaban J connectivity index is 3.82. The molecule has 1 aromatic carbocycles. The maximum Gasteiger partial charge on any atom is 0.422 e. The van der Waals surface area contributed by atoms with Gasteiger partial charge in [0.05, 0.1) is 6.61 Å². The van der Waals surface area contributed by atoms with Crippen LogP contribution in [0.4, 0.5) is 26.3 Å². The third-order valence-corrected chi connectivity index (χ3v) is 2.70. The van der Waals surface area contributed by atoms with Gasteiger partial charge in [-0.2, -0.15) is 18.4 Å². The van der Waals surface area contributed by atoms with Crippen LogP contribution in [0.1, 0.15) is 23.6 Å². The molecule has 0 aliphatic carbocycles. The Morgan fingerprint density at radius 3 is 2.14 bits per heavy atom. The predicted octanol–water partition coefficient (Wildman–Crippen LogP) is 4.22. The number of aliphatic hydroxyl groups excluding tert-OH is 1. The summed E-state index contributed by atoms with van der Waals surface area (Å²) >= 11 is 0. The lowest BCUT2D eigenvalue weighted by atomic mass is 9.97. The van der Waals surface area contributed by atoms with Gasteiger partial charge in [0.15, 0.2) is 11.6 Å². The van der Waals surface area contributed by atoms with Gasteiger partial charge in [-0.15, -0.1) is 0 Å². The van der Waals surface area contributed by atoms with Gasteiger partial charge in [0.2, 0.25) is 0 Å². The fraction of sp³-hybridized carbons (Fsp3) is 0.308. The fourth-order valence-electron chi connectivity index (χ4n) is 1.74. The summed E-state index contributed by atoms with van der Waals surface area (Å²) in [4.78, 5) is 0. The minimum Gasteiger partial charge on any atom is -0.480 e. The van der Waals surface area contributed by atoms with Gasteiger partial charge in [-0.3, -0.25) is 0 Å². The second-order valence-electron chi connectivity index (χ2n) is 4.04. The average Bonchev–Trinajstić information content (AvgIpc) is 2.40. The number of nitriles is 1. The van der Waals surface area contributed by atoms with E-state index in [1.165, 1.54) is 13.0 Å². The molecule has 0 saturated carbocycles. The SMILES string of the molecule is CCO/C(O)=C(/C#N)c1c(C)c(F)c(C(F)(F)F)c(F)c1F. The molecule has 0 heterocycles.